The number of amides is 1. The third kappa shape index (κ3) is 3.27. The fourth-order valence-corrected chi connectivity index (χ4v) is 4.13. The average molecular weight is 406 g/mol. The highest BCUT2D eigenvalue weighted by atomic mass is 32.1. The zero-order valence-electron chi connectivity index (χ0n) is 15.2. The Balaban J connectivity index is 1.81. The Morgan fingerprint density at radius 3 is 2.55 bits per heavy atom. The van der Waals surface area contributed by atoms with Crippen molar-refractivity contribution >= 4 is 33.1 Å². The lowest BCUT2D eigenvalue weighted by molar-refractivity contribution is -0.385. The minimum atomic E-state index is -0.770. The van der Waals surface area contributed by atoms with E-state index < -0.39 is 16.4 Å². The summed E-state index contributed by atoms with van der Waals surface area (Å²) in [6.45, 7) is 1.91. The van der Waals surface area contributed by atoms with Gasteiger partial charge in [0.25, 0.3) is 17.2 Å². The lowest BCUT2D eigenvalue weighted by Gasteiger charge is -2.08. The molecule has 2 heterocycles. The van der Waals surface area contributed by atoms with Gasteiger partial charge in [-0.25, -0.2) is 9.66 Å². The summed E-state index contributed by atoms with van der Waals surface area (Å²) in [6.07, 6.45) is 1.21. The fourth-order valence-electron chi connectivity index (χ4n) is 3.13. The maximum Gasteiger partial charge on any atom is 0.282 e. The molecule has 0 saturated heterocycles. The number of nitro groups is 1. The summed E-state index contributed by atoms with van der Waals surface area (Å²) in [5.74, 6) is -0.770. The Labute approximate surface area is 168 Å². The van der Waals surface area contributed by atoms with Crippen molar-refractivity contribution in [3.05, 3.63) is 91.8 Å². The standard InChI is InChI=1S/C20H14N4O4S/c1-12-16(13-7-3-2-4-8-13)17-19(29-12)21-11-23(20(17)26)22-18(25)14-9-5-6-10-15(14)24(27)28/h2-11H,1H3,(H,22,25). The largest absolute Gasteiger partial charge is 0.282 e. The van der Waals surface area contributed by atoms with Gasteiger partial charge in [-0.2, -0.15) is 0 Å². The summed E-state index contributed by atoms with van der Waals surface area (Å²) in [5.41, 5.74) is 3.10. The molecule has 1 amide bonds. The molecule has 2 aromatic carbocycles. The lowest BCUT2D eigenvalue weighted by atomic mass is 10.0. The summed E-state index contributed by atoms with van der Waals surface area (Å²) in [5, 5.41) is 11.6. The van der Waals surface area contributed by atoms with Crippen LogP contribution in [0, 0.1) is 17.0 Å². The molecular weight excluding hydrogens is 392 g/mol. The monoisotopic (exact) mass is 406 g/mol. The van der Waals surface area contributed by atoms with Crippen LogP contribution in [0.1, 0.15) is 15.2 Å². The van der Waals surface area contributed by atoms with E-state index in [0.29, 0.717) is 10.2 Å². The van der Waals surface area contributed by atoms with Gasteiger partial charge in [0, 0.05) is 16.5 Å². The number of nitro benzene ring substituents is 1. The molecule has 9 heteroatoms. The molecule has 144 valence electrons. The first-order valence-corrected chi connectivity index (χ1v) is 9.40. The van der Waals surface area contributed by atoms with E-state index in [4.69, 9.17) is 0 Å². The van der Waals surface area contributed by atoms with E-state index in [1.165, 1.54) is 41.9 Å². The average Bonchev–Trinajstić information content (AvgIpc) is 3.07. The summed E-state index contributed by atoms with van der Waals surface area (Å²) in [4.78, 5) is 42.0. The van der Waals surface area contributed by atoms with Crippen LogP contribution in [0.4, 0.5) is 5.69 Å². The number of benzene rings is 2. The van der Waals surface area contributed by atoms with Crippen molar-refractivity contribution in [2.75, 3.05) is 5.43 Å². The molecule has 0 aliphatic rings. The van der Waals surface area contributed by atoms with Gasteiger partial charge < -0.3 is 0 Å². The van der Waals surface area contributed by atoms with Crippen molar-refractivity contribution in [3.8, 4) is 11.1 Å². The number of aromatic nitrogens is 2. The SMILES string of the molecule is Cc1sc2ncn(NC(=O)c3ccccc3[N+](=O)[O-])c(=O)c2c1-c1ccccc1. The van der Waals surface area contributed by atoms with Gasteiger partial charge in [-0.1, -0.05) is 42.5 Å². The minimum absolute atomic E-state index is 0.144. The van der Waals surface area contributed by atoms with Crippen LogP contribution in [0.3, 0.4) is 0 Å². The molecule has 1 N–H and O–H groups in total. The number of carbonyl (C=O) groups excluding carboxylic acids is 1. The molecule has 0 saturated carbocycles. The molecule has 29 heavy (non-hydrogen) atoms. The molecule has 0 fully saturated rings. The first-order chi connectivity index (χ1) is 14.0. The Kier molecular flexibility index (Phi) is 4.65. The number of hydrogen-bond donors (Lipinski definition) is 1. The Morgan fingerprint density at radius 2 is 1.83 bits per heavy atom. The summed E-state index contributed by atoms with van der Waals surface area (Å²) in [7, 11) is 0. The van der Waals surface area contributed by atoms with E-state index in [0.717, 1.165) is 20.7 Å². The third-order valence-corrected chi connectivity index (χ3v) is 5.43. The third-order valence-electron chi connectivity index (χ3n) is 4.42. The van der Waals surface area contributed by atoms with Crippen LogP contribution in [-0.4, -0.2) is 20.5 Å². The fraction of sp³-hybridized carbons (Fsp3) is 0.0500. The molecule has 4 rings (SSSR count). The number of aryl methyl sites for hydroxylation is 1. The van der Waals surface area contributed by atoms with Crippen molar-refractivity contribution in [2.24, 2.45) is 0 Å². The van der Waals surface area contributed by atoms with Crippen molar-refractivity contribution < 1.29 is 9.72 Å². The number of thiophene rings is 1. The highest BCUT2D eigenvalue weighted by molar-refractivity contribution is 7.19. The van der Waals surface area contributed by atoms with Gasteiger partial charge in [-0.15, -0.1) is 11.3 Å². The predicted molar refractivity (Wildman–Crippen MR) is 111 cm³/mol. The van der Waals surface area contributed by atoms with Gasteiger partial charge in [0.2, 0.25) is 0 Å². The second-order valence-corrected chi connectivity index (χ2v) is 7.42. The van der Waals surface area contributed by atoms with Crippen LogP contribution in [0.25, 0.3) is 21.3 Å². The molecule has 4 aromatic rings. The topological polar surface area (TPSA) is 107 Å². The highest BCUT2D eigenvalue weighted by Gasteiger charge is 2.21. The number of carbonyl (C=O) groups is 1. The van der Waals surface area contributed by atoms with E-state index in [1.54, 1.807) is 0 Å². The molecule has 8 nitrogen and oxygen atoms in total. The summed E-state index contributed by atoms with van der Waals surface area (Å²) in [6, 6.07) is 15.0. The highest BCUT2D eigenvalue weighted by Crippen LogP contribution is 2.35. The first-order valence-electron chi connectivity index (χ1n) is 8.58. The number of hydrogen-bond acceptors (Lipinski definition) is 6. The second-order valence-electron chi connectivity index (χ2n) is 6.21. The zero-order valence-corrected chi connectivity index (χ0v) is 16.0. The van der Waals surface area contributed by atoms with Crippen molar-refractivity contribution in [3.63, 3.8) is 0 Å². The molecule has 0 bridgehead atoms. The second kappa shape index (κ2) is 7.28. The maximum atomic E-state index is 13.1. The summed E-state index contributed by atoms with van der Waals surface area (Å²) >= 11 is 1.39. The van der Waals surface area contributed by atoms with Crippen molar-refractivity contribution in [1.82, 2.24) is 9.66 Å². The normalized spacial score (nSPS) is 10.8. The van der Waals surface area contributed by atoms with Gasteiger partial charge in [-0.3, -0.25) is 25.1 Å². The minimum Gasteiger partial charge on any atom is -0.267 e. The van der Waals surface area contributed by atoms with Crippen molar-refractivity contribution in [2.45, 2.75) is 6.92 Å². The molecule has 2 aromatic heterocycles. The molecule has 0 atom stereocenters. The maximum absolute atomic E-state index is 13.1. The van der Waals surface area contributed by atoms with Gasteiger partial charge in [0.15, 0.2) is 0 Å². The van der Waals surface area contributed by atoms with Crippen LogP contribution in [-0.2, 0) is 0 Å². The molecule has 0 aliphatic heterocycles. The molecule has 0 aliphatic carbocycles. The van der Waals surface area contributed by atoms with Crippen LogP contribution >= 0.6 is 11.3 Å². The van der Waals surface area contributed by atoms with Crippen LogP contribution in [0.15, 0.2) is 65.7 Å². The first kappa shape index (κ1) is 18.5. The van der Waals surface area contributed by atoms with Crippen LogP contribution < -0.4 is 11.0 Å². The smallest absolute Gasteiger partial charge is 0.267 e. The Bertz CT molecular complexity index is 1310. The number of rotatable bonds is 4. The van der Waals surface area contributed by atoms with E-state index in [9.17, 15) is 19.7 Å². The molecule has 0 radical (unpaired) electrons. The number of fused-ring (bicyclic) bond motifs is 1. The Morgan fingerprint density at radius 1 is 1.14 bits per heavy atom. The lowest BCUT2D eigenvalue weighted by Crippen LogP contribution is -2.33. The van der Waals surface area contributed by atoms with Crippen LogP contribution in [0.5, 0.6) is 0 Å². The summed E-state index contributed by atoms with van der Waals surface area (Å²) < 4.78 is 0.958. The van der Waals surface area contributed by atoms with Crippen LogP contribution in [0.2, 0.25) is 0 Å². The zero-order chi connectivity index (χ0) is 20.5. The van der Waals surface area contributed by atoms with Gasteiger partial charge in [-0.05, 0) is 18.6 Å². The molecule has 0 unspecified atom stereocenters. The molecule has 0 spiro atoms. The van der Waals surface area contributed by atoms with E-state index in [-0.39, 0.29) is 11.3 Å². The molecular formula is C20H14N4O4S. The number of nitrogens with zero attached hydrogens (tertiary/aromatic N) is 3. The van der Waals surface area contributed by atoms with Gasteiger partial charge >= 0.3 is 0 Å². The van der Waals surface area contributed by atoms with E-state index >= 15 is 0 Å². The van der Waals surface area contributed by atoms with Gasteiger partial charge in [0.1, 0.15) is 16.7 Å². The number of para-hydroxylation sites is 1. The van der Waals surface area contributed by atoms with Gasteiger partial charge in [0.05, 0.1) is 10.3 Å². The van der Waals surface area contributed by atoms with E-state index in [2.05, 4.69) is 10.4 Å². The van der Waals surface area contributed by atoms with Crippen molar-refractivity contribution in [1.29, 1.82) is 0 Å². The Hall–Kier alpha value is -3.85. The number of nitrogens with one attached hydrogen (secondary N) is 1. The van der Waals surface area contributed by atoms with E-state index in [1.807, 2.05) is 37.3 Å². The quantitative estimate of drug-likeness (QED) is 0.410. The predicted octanol–water partition coefficient (Wildman–Crippen LogP) is 3.73.